The molecule has 0 saturated carbocycles. The maximum atomic E-state index is 10.0. The highest BCUT2D eigenvalue weighted by Gasteiger charge is 2.26. The average Bonchev–Trinajstić information content (AvgIpc) is 2.19. The van der Waals surface area contributed by atoms with E-state index in [1.807, 2.05) is 25.1 Å². The third-order valence-electron chi connectivity index (χ3n) is 2.73. The second kappa shape index (κ2) is 6.55. The number of quaternary nitrogens is 1. The van der Waals surface area contributed by atoms with Crippen LogP contribution in [0.25, 0.3) is 0 Å². The topological polar surface area (TPSA) is 20.2 Å². The average molecular weight is 240 g/mol. The number of halogens is 1. The zero-order chi connectivity index (χ0) is 11.3. The van der Waals surface area contributed by atoms with Gasteiger partial charge in [0.2, 0.25) is 0 Å². The molecule has 0 aromatic heterocycles. The summed E-state index contributed by atoms with van der Waals surface area (Å²) in [6.45, 7) is 2.35. The van der Waals surface area contributed by atoms with Crippen LogP contribution in [0.2, 0.25) is 0 Å². The van der Waals surface area contributed by atoms with E-state index in [0.717, 1.165) is 6.42 Å². The summed E-state index contributed by atoms with van der Waals surface area (Å²) < 4.78 is -0.120. The van der Waals surface area contributed by atoms with Gasteiger partial charge in [0.25, 0.3) is 0 Å². The second-order valence-electron chi connectivity index (χ2n) is 4.11. The van der Waals surface area contributed by atoms with Crippen molar-refractivity contribution in [2.24, 2.45) is 0 Å². The standard InChI is InChI=1S/C13H18NO.ClH/c1-4-10-14(3,15)12(2)11-13-8-6-5-7-9-13;/h1,5-9,12,15H,10-11H2,2-3H3;1H/q+1;/p-1/t12-,14?;/m1./s1. The lowest BCUT2D eigenvalue weighted by Crippen LogP contribution is -3.00. The van der Waals surface area contributed by atoms with Crippen molar-refractivity contribution in [1.82, 2.24) is 0 Å². The van der Waals surface area contributed by atoms with Crippen LogP contribution in [0.3, 0.4) is 0 Å². The van der Waals surface area contributed by atoms with Crippen molar-refractivity contribution < 1.29 is 22.3 Å². The maximum absolute atomic E-state index is 10.0. The molecule has 16 heavy (non-hydrogen) atoms. The van der Waals surface area contributed by atoms with Gasteiger partial charge in [0.15, 0.2) is 6.54 Å². The first-order chi connectivity index (χ1) is 7.06. The highest BCUT2D eigenvalue weighted by Crippen LogP contribution is 2.12. The highest BCUT2D eigenvalue weighted by atomic mass is 35.5. The van der Waals surface area contributed by atoms with E-state index in [-0.39, 0.29) is 23.1 Å². The van der Waals surface area contributed by atoms with Gasteiger partial charge in [-0.3, -0.25) is 0 Å². The van der Waals surface area contributed by atoms with Crippen molar-refractivity contribution in [2.75, 3.05) is 13.6 Å². The molecule has 0 aliphatic rings. The summed E-state index contributed by atoms with van der Waals surface area (Å²) in [5.41, 5.74) is 1.22. The highest BCUT2D eigenvalue weighted by molar-refractivity contribution is 5.15. The quantitative estimate of drug-likeness (QED) is 0.410. The normalized spacial score (nSPS) is 15.4. The Bertz CT molecular complexity index is 343. The fourth-order valence-corrected chi connectivity index (χ4v) is 1.49. The van der Waals surface area contributed by atoms with Crippen LogP contribution in [-0.4, -0.2) is 29.5 Å². The summed E-state index contributed by atoms with van der Waals surface area (Å²) in [7, 11) is 1.74. The molecule has 0 fully saturated rings. The summed E-state index contributed by atoms with van der Waals surface area (Å²) in [5.74, 6) is 2.50. The Hall–Kier alpha value is -1.01. The minimum atomic E-state index is -0.120. The molecule has 0 spiro atoms. The molecule has 0 aliphatic carbocycles. The Morgan fingerprint density at radius 2 is 1.94 bits per heavy atom. The molecule has 0 amide bonds. The second-order valence-corrected chi connectivity index (χ2v) is 4.11. The smallest absolute Gasteiger partial charge is 0.170 e. The van der Waals surface area contributed by atoms with Crippen molar-refractivity contribution in [1.29, 1.82) is 0 Å². The van der Waals surface area contributed by atoms with Gasteiger partial charge in [-0.25, -0.2) is 5.21 Å². The minimum absolute atomic E-state index is 0. The van der Waals surface area contributed by atoms with Gasteiger partial charge < -0.3 is 12.4 Å². The first kappa shape index (κ1) is 15.0. The Kier molecular flexibility index (Phi) is 6.13. The van der Waals surface area contributed by atoms with Gasteiger partial charge in [0.1, 0.15) is 6.04 Å². The number of hydrogen-bond acceptors (Lipinski definition) is 1. The Balaban J connectivity index is 0.00000225. The number of hydroxylamine groups is 3. The van der Waals surface area contributed by atoms with Crippen molar-refractivity contribution in [2.45, 2.75) is 19.4 Å². The summed E-state index contributed by atoms with van der Waals surface area (Å²) in [6.07, 6.45) is 6.05. The van der Waals surface area contributed by atoms with Crippen LogP contribution in [0.4, 0.5) is 0 Å². The van der Waals surface area contributed by atoms with Crippen molar-refractivity contribution in [3.63, 3.8) is 0 Å². The first-order valence-electron chi connectivity index (χ1n) is 5.11. The lowest BCUT2D eigenvalue weighted by Gasteiger charge is -2.30. The molecule has 0 aliphatic heterocycles. The predicted molar refractivity (Wildman–Crippen MR) is 61.3 cm³/mol. The van der Waals surface area contributed by atoms with Crippen LogP contribution < -0.4 is 12.4 Å². The van der Waals surface area contributed by atoms with Gasteiger partial charge in [0.05, 0.1) is 7.05 Å². The van der Waals surface area contributed by atoms with Gasteiger partial charge in [0, 0.05) is 6.42 Å². The molecule has 1 unspecified atom stereocenters. The van der Waals surface area contributed by atoms with E-state index in [2.05, 4.69) is 18.1 Å². The number of rotatable bonds is 4. The molecule has 0 bridgehead atoms. The zero-order valence-electron chi connectivity index (χ0n) is 9.73. The third-order valence-corrected chi connectivity index (χ3v) is 2.73. The molecule has 2 nitrogen and oxygen atoms in total. The van der Waals surface area contributed by atoms with Crippen molar-refractivity contribution in [3.8, 4) is 12.3 Å². The molecule has 1 rings (SSSR count). The van der Waals surface area contributed by atoms with Crippen LogP contribution in [0.1, 0.15) is 12.5 Å². The molecule has 1 N–H and O–H groups in total. The van der Waals surface area contributed by atoms with Gasteiger partial charge in [-0.1, -0.05) is 30.3 Å². The Morgan fingerprint density at radius 1 is 1.38 bits per heavy atom. The number of benzene rings is 1. The molecule has 1 aromatic carbocycles. The summed E-state index contributed by atoms with van der Waals surface area (Å²) in [5, 5.41) is 10.0. The van der Waals surface area contributed by atoms with E-state index in [4.69, 9.17) is 6.42 Å². The monoisotopic (exact) mass is 239 g/mol. The van der Waals surface area contributed by atoms with Gasteiger partial charge >= 0.3 is 0 Å². The molecular weight excluding hydrogens is 222 g/mol. The first-order valence-corrected chi connectivity index (χ1v) is 5.11. The van der Waals surface area contributed by atoms with E-state index in [1.54, 1.807) is 7.05 Å². The van der Waals surface area contributed by atoms with Gasteiger partial charge in [-0.2, -0.15) is 4.65 Å². The van der Waals surface area contributed by atoms with Crippen LogP contribution in [0.15, 0.2) is 30.3 Å². The Morgan fingerprint density at radius 3 is 2.44 bits per heavy atom. The van der Waals surface area contributed by atoms with E-state index >= 15 is 0 Å². The number of terminal acetylenes is 1. The lowest BCUT2D eigenvalue weighted by molar-refractivity contribution is -1.10. The van der Waals surface area contributed by atoms with Gasteiger partial charge in [-0.15, -0.1) is 6.42 Å². The fourth-order valence-electron chi connectivity index (χ4n) is 1.49. The predicted octanol–water partition coefficient (Wildman–Crippen LogP) is -0.909. The Labute approximate surface area is 104 Å². The molecule has 0 radical (unpaired) electrons. The van der Waals surface area contributed by atoms with E-state index in [9.17, 15) is 5.21 Å². The molecule has 0 heterocycles. The van der Waals surface area contributed by atoms with Crippen molar-refractivity contribution in [3.05, 3.63) is 35.9 Å². The van der Waals surface area contributed by atoms with E-state index in [1.165, 1.54) is 5.56 Å². The van der Waals surface area contributed by atoms with Crippen LogP contribution in [-0.2, 0) is 6.42 Å². The van der Waals surface area contributed by atoms with Crippen LogP contribution >= 0.6 is 0 Å². The number of hydrogen-bond donors (Lipinski definition) is 1. The third kappa shape index (κ3) is 4.24. The fraction of sp³-hybridized carbons (Fsp3) is 0.385. The van der Waals surface area contributed by atoms with E-state index < -0.39 is 0 Å². The SMILES string of the molecule is C#CC[N+](C)(O)[C@H](C)Cc1ccccc1.[Cl-]. The summed E-state index contributed by atoms with van der Waals surface area (Å²) in [4.78, 5) is 0. The molecule has 0 saturated heterocycles. The van der Waals surface area contributed by atoms with E-state index in [0.29, 0.717) is 6.54 Å². The van der Waals surface area contributed by atoms with Gasteiger partial charge in [-0.05, 0) is 18.4 Å². The molecule has 1 aromatic rings. The molecule has 3 heteroatoms. The summed E-state index contributed by atoms with van der Waals surface area (Å²) >= 11 is 0. The summed E-state index contributed by atoms with van der Waals surface area (Å²) in [6, 6.07) is 10.2. The van der Waals surface area contributed by atoms with Crippen molar-refractivity contribution >= 4 is 0 Å². The minimum Gasteiger partial charge on any atom is -1.00 e. The molecule has 2 atom stereocenters. The lowest BCUT2D eigenvalue weighted by atomic mass is 10.1. The zero-order valence-corrected chi connectivity index (χ0v) is 10.5. The number of nitrogens with zero attached hydrogens (tertiary/aromatic N) is 1. The molecule has 88 valence electrons. The number of likely N-dealkylation sites (N-methyl/N-ethyl adjacent to an activating group) is 1. The maximum Gasteiger partial charge on any atom is 0.170 e. The van der Waals surface area contributed by atoms with Crippen LogP contribution in [0, 0.1) is 12.3 Å². The molecular formula is C13H18ClNO. The van der Waals surface area contributed by atoms with Crippen LogP contribution in [0.5, 0.6) is 0 Å². The largest absolute Gasteiger partial charge is 1.00 e.